The van der Waals surface area contributed by atoms with Crippen LogP contribution < -0.4 is 11.5 Å². The largest absolute Gasteiger partial charge is 0.383 e. The van der Waals surface area contributed by atoms with E-state index in [0.29, 0.717) is 5.82 Å². The minimum atomic E-state index is 0. The van der Waals surface area contributed by atoms with Gasteiger partial charge in [0, 0.05) is 17.8 Å². The van der Waals surface area contributed by atoms with Crippen LogP contribution >= 0.6 is 12.4 Å². The molecule has 86 valence electrons. The van der Waals surface area contributed by atoms with Crippen LogP contribution in [0.25, 0.3) is 0 Å². The van der Waals surface area contributed by atoms with Crippen LogP contribution in [0.4, 0.5) is 5.82 Å². The molecule has 1 atom stereocenters. The highest BCUT2D eigenvalue weighted by molar-refractivity contribution is 5.85. The summed E-state index contributed by atoms with van der Waals surface area (Å²) in [4.78, 5) is 4.03. The first-order chi connectivity index (χ1) is 6.75. The molecule has 0 radical (unpaired) electrons. The van der Waals surface area contributed by atoms with E-state index >= 15 is 0 Å². The molecule has 0 spiro atoms. The maximum atomic E-state index is 6.02. The van der Waals surface area contributed by atoms with Gasteiger partial charge in [0.25, 0.3) is 0 Å². The smallest absolute Gasteiger partial charge is 0.128 e. The van der Waals surface area contributed by atoms with E-state index in [-0.39, 0.29) is 18.4 Å². The third kappa shape index (κ3) is 4.49. The molecule has 0 aliphatic heterocycles. The van der Waals surface area contributed by atoms with E-state index in [1.165, 1.54) is 12.8 Å². The summed E-state index contributed by atoms with van der Waals surface area (Å²) in [5.74, 6) is 0.566. The molecule has 0 aliphatic carbocycles. The number of anilines is 1. The average molecular weight is 230 g/mol. The number of nitrogen functional groups attached to an aromatic ring is 1. The summed E-state index contributed by atoms with van der Waals surface area (Å²) in [5.41, 5.74) is 12.7. The van der Waals surface area contributed by atoms with Crippen molar-refractivity contribution in [1.29, 1.82) is 0 Å². The average Bonchev–Trinajstić information content (AvgIpc) is 2.18. The monoisotopic (exact) mass is 229 g/mol. The van der Waals surface area contributed by atoms with Gasteiger partial charge in [-0.05, 0) is 12.5 Å². The highest BCUT2D eigenvalue weighted by Crippen LogP contribution is 2.20. The zero-order chi connectivity index (χ0) is 10.4. The van der Waals surface area contributed by atoms with Gasteiger partial charge in [0.2, 0.25) is 0 Å². The number of halogens is 1. The Balaban J connectivity index is 0.00000196. The number of pyridine rings is 1. The lowest BCUT2D eigenvalue weighted by Gasteiger charge is -2.12. The van der Waals surface area contributed by atoms with Gasteiger partial charge < -0.3 is 11.5 Å². The molecule has 4 heteroatoms. The zero-order valence-electron chi connectivity index (χ0n) is 9.15. The zero-order valence-corrected chi connectivity index (χ0v) is 9.96. The van der Waals surface area contributed by atoms with Gasteiger partial charge in [-0.25, -0.2) is 4.98 Å². The van der Waals surface area contributed by atoms with Crippen LogP contribution in [0.1, 0.15) is 44.2 Å². The van der Waals surface area contributed by atoms with Gasteiger partial charge in [0.1, 0.15) is 5.82 Å². The Morgan fingerprint density at radius 3 is 2.73 bits per heavy atom. The minimum absolute atomic E-state index is 0. The van der Waals surface area contributed by atoms with Crippen molar-refractivity contribution in [2.75, 3.05) is 5.73 Å². The lowest BCUT2D eigenvalue weighted by Crippen LogP contribution is -2.13. The molecular weight excluding hydrogens is 210 g/mol. The summed E-state index contributed by atoms with van der Waals surface area (Å²) in [6, 6.07) is 3.87. The maximum absolute atomic E-state index is 6.02. The minimum Gasteiger partial charge on any atom is -0.383 e. The molecule has 15 heavy (non-hydrogen) atoms. The Labute approximate surface area is 97.7 Å². The number of nitrogens with zero attached hydrogens (tertiary/aromatic N) is 1. The standard InChI is InChI=1S/C11H19N3.ClH/c1-2-3-4-7-10(12)9-6-5-8-14-11(9)13;/h5-6,8,10H,2-4,7,12H2,1H3,(H2,13,14);1H/t10-;/m0./s1. The first-order valence-corrected chi connectivity index (χ1v) is 5.21. The molecule has 0 saturated heterocycles. The van der Waals surface area contributed by atoms with Crippen LogP contribution in [0.3, 0.4) is 0 Å². The lowest BCUT2D eigenvalue weighted by atomic mass is 10.0. The second-order valence-electron chi connectivity index (χ2n) is 3.58. The molecule has 1 heterocycles. The quantitative estimate of drug-likeness (QED) is 0.763. The fourth-order valence-electron chi connectivity index (χ4n) is 1.51. The van der Waals surface area contributed by atoms with Crippen molar-refractivity contribution < 1.29 is 0 Å². The topological polar surface area (TPSA) is 64.9 Å². The predicted octanol–water partition coefficient (Wildman–Crippen LogP) is 2.67. The molecule has 0 bridgehead atoms. The third-order valence-electron chi connectivity index (χ3n) is 2.39. The van der Waals surface area contributed by atoms with E-state index in [4.69, 9.17) is 11.5 Å². The SMILES string of the molecule is CCCCC[C@H](N)c1cccnc1N.Cl. The highest BCUT2D eigenvalue weighted by atomic mass is 35.5. The second kappa shape index (κ2) is 7.49. The number of unbranched alkanes of at least 4 members (excludes halogenated alkanes) is 2. The lowest BCUT2D eigenvalue weighted by molar-refractivity contribution is 0.581. The molecule has 0 aliphatic rings. The molecule has 0 saturated carbocycles. The van der Waals surface area contributed by atoms with E-state index < -0.39 is 0 Å². The second-order valence-corrected chi connectivity index (χ2v) is 3.58. The van der Waals surface area contributed by atoms with Gasteiger partial charge in [-0.3, -0.25) is 0 Å². The van der Waals surface area contributed by atoms with Crippen molar-refractivity contribution in [3.8, 4) is 0 Å². The Hall–Kier alpha value is -0.800. The van der Waals surface area contributed by atoms with Gasteiger partial charge in [0.15, 0.2) is 0 Å². The normalized spacial score (nSPS) is 11.9. The number of nitrogens with two attached hydrogens (primary N) is 2. The number of hydrogen-bond donors (Lipinski definition) is 2. The van der Waals surface area contributed by atoms with E-state index in [1.807, 2.05) is 12.1 Å². The molecule has 4 N–H and O–H groups in total. The number of aromatic nitrogens is 1. The van der Waals surface area contributed by atoms with Crippen LogP contribution in [-0.4, -0.2) is 4.98 Å². The summed E-state index contributed by atoms with van der Waals surface area (Å²) >= 11 is 0. The van der Waals surface area contributed by atoms with E-state index in [2.05, 4.69) is 11.9 Å². The van der Waals surface area contributed by atoms with E-state index in [0.717, 1.165) is 18.4 Å². The Morgan fingerprint density at radius 2 is 2.13 bits per heavy atom. The van der Waals surface area contributed by atoms with E-state index in [1.54, 1.807) is 6.20 Å². The highest BCUT2D eigenvalue weighted by Gasteiger charge is 2.08. The van der Waals surface area contributed by atoms with Crippen LogP contribution in [-0.2, 0) is 0 Å². The van der Waals surface area contributed by atoms with Crippen LogP contribution in [0.5, 0.6) is 0 Å². The van der Waals surface area contributed by atoms with Gasteiger partial charge in [0.05, 0.1) is 0 Å². The molecule has 1 aromatic heterocycles. The fraction of sp³-hybridized carbons (Fsp3) is 0.545. The van der Waals surface area contributed by atoms with Crippen molar-refractivity contribution >= 4 is 18.2 Å². The summed E-state index contributed by atoms with van der Waals surface area (Å²) < 4.78 is 0. The predicted molar refractivity (Wildman–Crippen MR) is 67.0 cm³/mol. The van der Waals surface area contributed by atoms with Crippen LogP contribution in [0.2, 0.25) is 0 Å². The molecule has 0 fully saturated rings. The van der Waals surface area contributed by atoms with Gasteiger partial charge >= 0.3 is 0 Å². The molecular formula is C11H20ClN3. The Kier molecular flexibility index (Phi) is 7.09. The maximum Gasteiger partial charge on any atom is 0.128 e. The van der Waals surface area contributed by atoms with Crippen molar-refractivity contribution in [2.24, 2.45) is 5.73 Å². The van der Waals surface area contributed by atoms with Crippen molar-refractivity contribution in [2.45, 2.75) is 38.6 Å². The Bertz CT molecular complexity index is 278. The molecule has 1 rings (SSSR count). The molecule has 1 aromatic rings. The molecule has 0 aromatic carbocycles. The molecule has 0 unspecified atom stereocenters. The van der Waals surface area contributed by atoms with Gasteiger partial charge in [-0.2, -0.15) is 0 Å². The van der Waals surface area contributed by atoms with Crippen molar-refractivity contribution in [1.82, 2.24) is 4.98 Å². The third-order valence-corrected chi connectivity index (χ3v) is 2.39. The van der Waals surface area contributed by atoms with Crippen molar-refractivity contribution in [3.63, 3.8) is 0 Å². The number of hydrogen-bond acceptors (Lipinski definition) is 3. The van der Waals surface area contributed by atoms with Crippen LogP contribution in [0, 0.1) is 0 Å². The molecule has 0 amide bonds. The summed E-state index contributed by atoms with van der Waals surface area (Å²) in [5, 5.41) is 0. The molecule has 3 nitrogen and oxygen atoms in total. The Morgan fingerprint density at radius 1 is 1.40 bits per heavy atom. The van der Waals surface area contributed by atoms with E-state index in [9.17, 15) is 0 Å². The summed E-state index contributed by atoms with van der Waals surface area (Å²) in [7, 11) is 0. The van der Waals surface area contributed by atoms with Crippen LogP contribution in [0.15, 0.2) is 18.3 Å². The summed E-state index contributed by atoms with van der Waals surface area (Å²) in [6.45, 7) is 2.18. The van der Waals surface area contributed by atoms with Gasteiger partial charge in [-0.1, -0.05) is 32.3 Å². The van der Waals surface area contributed by atoms with Crippen molar-refractivity contribution in [3.05, 3.63) is 23.9 Å². The first-order valence-electron chi connectivity index (χ1n) is 5.21. The fourth-order valence-corrected chi connectivity index (χ4v) is 1.51. The number of rotatable bonds is 5. The summed E-state index contributed by atoms with van der Waals surface area (Å²) in [6.07, 6.45) is 6.29. The van der Waals surface area contributed by atoms with Gasteiger partial charge in [-0.15, -0.1) is 12.4 Å². The first kappa shape index (κ1) is 14.2.